The fourth-order valence-corrected chi connectivity index (χ4v) is 14.2. The molecule has 0 N–H and O–H groups in total. The van der Waals surface area contributed by atoms with Gasteiger partial charge in [0.2, 0.25) is 0 Å². The number of hydrogen-bond acceptors (Lipinski definition) is 2. The molecule has 13 rings (SSSR count). The molecule has 0 radical (unpaired) electrons. The molecule has 10 aromatic carbocycles. The van der Waals surface area contributed by atoms with E-state index in [1.54, 1.807) is 76.0 Å². The van der Waals surface area contributed by atoms with Crippen molar-refractivity contribution < 1.29 is 39.5 Å². The number of para-hydroxylation sites is 3. The molecule has 0 aliphatic heterocycles. The molecule has 0 aliphatic rings. The Kier molecular flexibility index (Phi) is 8.06. The lowest BCUT2D eigenvalue weighted by Gasteiger charge is -2.34. The highest BCUT2D eigenvalue weighted by Crippen LogP contribution is 2.39. The SMILES string of the molecule is [2H]c1c([2H])c([2H])c([Si](c2c([2H])c([2H])c([2H])c([2H])c2[2H])(c2c([2H])c([2H])c([2H])c([2H])c2[2H])c2c([2H])c([2H])c([2H])c(-c3cc(C([2H])([2H])[2H])cc(-c4cccc(C(C)(C)C)c4)c3-[n+]3[c-]n(-c4cccc(Oc5ccc6c7ccccc7n(-c7cc(C(C)(C)C)ccn7)c6c5)c4)c4ccccc43)c2[2H])c([2H])c1[2H]. The minimum atomic E-state index is -6.37. The summed E-state index contributed by atoms with van der Waals surface area (Å²) in [5.74, 6) is 1.60. The first-order valence-corrected chi connectivity index (χ1v) is 28.3. The third-order valence-corrected chi connectivity index (χ3v) is 18.6. The summed E-state index contributed by atoms with van der Waals surface area (Å²) in [6.07, 6.45) is 5.31. The van der Waals surface area contributed by atoms with E-state index >= 15 is 0 Å². The summed E-state index contributed by atoms with van der Waals surface area (Å²) >= 11 is 0. The molecular formula is C75H64N4OSi. The summed E-state index contributed by atoms with van der Waals surface area (Å²) in [5, 5.41) is -2.13. The highest BCUT2D eigenvalue weighted by atomic mass is 28.3. The van der Waals surface area contributed by atoms with Crippen molar-refractivity contribution in [1.82, 2.24) is 14.1 Å². The minimum absolute atomic E-state index is 0.0154. The van der Waals surface area contributed by atoms with E-state index in [0.717, 1.165) is 44.8 Å². The average molecular weight is 1090 g/mol. The van der Waals surface area contributed by atoms with Crippen molar-refractivity contribution in [3.8, 4) is 50.9 Å². The van der Waals surface area contributed by atoms with E-state index < -0.39 is 167 Å². The Morgan fingerprint density at radius 2 is 1.12 bits per heavy atom. The number of pyridine rings is 1. The van der Waals surface area contributed by atoms with Gasteiger partial charge in [-0.3, -0.25) is 13.7 Å². The highest BCUT2D eigenvalue weighted by Gasteiger charge is 2.41. The van der Waals surface area contributed by atoms with Gasteiger partial charge in [0.05, 0.1) is 59.5 Å². The molecular weight excluding hydrogens is 1000 g/mol. The third kappa shape index (κ3) is 9.25. The standard InChI is InChI=1S/C75H64N4OSi/c1-52-44-66(53-24-21-26-55(46-53)74(2,3)4)73(67(45-52)54-25-22-35-63(47-54)81(60-29-11-8-12-30-60,61-31-13-9-14-32-61)62-33-15-10-16-34-62)78-51-77(69-38-19-20-39-70(69)78)57-27-23-28-58(49-57)80-59-40-41-65-64-36-17-18-37-68(64)79(71(65)50-59)72-48-56(42-43-76-72)75(5,6)7/h8-50H,1-7H3/i1D3,8D,9D,10D,11D,12D,13D,14D,15D,16D,22D,25D,29D,30D,31D,32D,33D,34D,35D,47D. The van der Waals surface area contributed by atoms with Crippen molar-refractivity contribution in [2.75, 3.05) is 0 Å². The highest BCUT2D eigenvalue weighted by molar-refractivity contribution is 7.19. The van der Waals surface area contributed by atoms with Crippen LogP contribution in [-0.4, -0.2) is 22.2 Å². The molecule has 0 atom stereocenters. The fourth-order valence-electron chi connectivity index (χ4n) is 10.7. The Labute approximate surface area is 507 Å². The Balaban J connectivity index is 1.14. The van der Waals surface area contributed by atoms with E-state index in [0.29, 0.717) is 33.8 Å². The number of fused-ring (bicyclic) bond motifs is 4. The van der Waals surface area contributed by atoms with Crippen molar-refractivity contribution in [2.45, 2.75) is 59.2 Å². The van der Waals surface area contributed by atoms with E-state index in [1.165, 1.54) is 6.07 Å². The van der Waals surface area contributed by atoms with Gasteiger partial charge in [-0.15, -0.1) is 0 Å². The smallest absolute Gasteiger partial charge is 0.269 e. The van der Waals surface area contributed by atoms with Gasteiger partial charge in [0, 0.05) is 27.1 Å². The molecule has 0 amide bonds. The second-order valence-corrected chi connectivity index (χ2v) is 25.3. The van der Waals surface area contributed by atoms with E-state index in [4.69, 9.17) is 17.9 Å². The number of aryl methyl sites for hydroxylation is 1. The zero-order chi connectivity index (χ0) is 74.5. The van der Waals surface area contributed by atoms with Crippen molar-refractivity contribution in [2.24, 2.45) is 0 Å². The maximum absolute atomic E-state index is 11.0. The number of ether oxygens (including phenoxy) is 1. The van der Waals surface area contributed by atoms with Crippen LogP contribution in [0.3, 0.4) is 0 Å². The zero-order valence-corrected chi connectivity index (χ0v) is 46.1. The van der Waals surface area contributed by atoms with E-state index in [9.17, 15) is 21.9 Å². The number of aromatic nitrogens is 4. The molecule has 0 aliphatic carbocycles. The van der Waals surface area contributed by atoms with Crippen LogP contribution in [0.1, 0.15) is 88.4 Å². The van der Waals surface area contributed by atoms with Gasteiger partial charge in [-0.25, -0.2) is 4.98 Å². The molecule has 0 saturated heterocycles. The Bertz CT molecular complexity index is 5520. The minimum Gasteiger partial charge on any atom is -0.458 e. The number of imidazole rings is 1. The largest absolute Gasteiger partial charge is 0.458 e. The maximum atomic E-state index is 11.0. The maximum Gasteiger partial charge on any atom is 0.269 e. The molecule has 0 spiro atoms. The van der Waals surface area contributed by atoms with Gasteiger partial charge in [-0.2, -0.15) is 0 Å². The van der Waals surface area contributed by atoms with Crippen molar-refractivity contribution >= 4 is 61.7 Å². The number of nitrogens with zero attached hydrogens (tertiary/aromatic N) is 4. The summed E-state index contributed by atoms with van der Waals surface area (Å²) in [6, 6.07) is 20.9. The lowest BCUT2D eigenvalue weighted by atomic mass is 9.84. The van der Waals surface area contributed by atoms with Crippen LogP contribution in [0.2, 0.25) is 0 Å². The van der Waals surface area contributed by atoms with E-state index in [-0.39, 0.29) is 22.2 Å². The third-order valence-electron chi connectivity index (χ3n) is 14.6. The predicted molar refractivity (Wildman–Crippen MR) is 339 cm³/mol. The fraction of sp³-hybridized carbons (Fsp3) is 0.120. The average Bonchev–Trinajstić information content (AvgIpc) is 1.32. The van der Waals surface area contributed by atoms with Crippen LogP contribution in [0.15, 0.2) is 261 Å². The first-order valence-electron chi connectivity index (χ1n) is 37.3. The Hall–Kier alpha value is -9.36. The molecule has 81 heavy (non-hydrogen) atoms. The van der Waals surface area contributed by atoms with Gasteiger partial charge in [0.1, 0.15) is 17.3 Å². The summed E-state index contributed by atoms with van der Waals surface area (Å²) in [7, 11) is -6.37. The summed E-state index contributed by atoms with van der Waals surface area (Å²) in [6.45, 7) is 9.33. The topological polar surface area (TPSA) is 35.9 Å². The Morgan fingerprint density at radius 1 is 0.519 bits per heavy atom. The van der Waals surface area contributed by atoms with Gasteiger partial charge in [-0.1, -0.05) is 247 Å². The molecule has 0 saturated carbocycles. The van der Waals surface area contributed by atoms with Gasteiger partial charge in [0.25, 0.3) is 6.33 Å². The van der Waals surface area contributed by atoms with E-state index in [2.05, 4.69) is 43.8 Å². The molecule has 3 aromatic heterocycles. The second kappa shape index (κ2) is 20.4. The first-order chi connectivity index (χ1) is 48.4. The van der Waals surface area contributed by atoms with Gasteiger partial charge in [-0.05, 0) is 120 Å². The monoisotopic (exact) mass is 1090 g/mol. The molecule has 13 aromatic rings. The van der Waals surface area contributed by atoms with Crippen molar-refractivity contribution in [1.29, 1.82) is 0 Å². The van der Waals surface area contributed by atoms with Crippen LogP contribution >= 0.6 is 0 Å². The molecule has 394 valence electrons. The molecule has 6 heteroatoms. The van der Waals surface area contributed by atoms with Crippen LogP contribution in [0.25, 0.3) is 72.3 Å². The van der Waals surface area contributed by atoms with Gasteiger partial charge < -0.3 is 4.74 Å². The molecule has 5 nitrogen and oxygen atoms in total. The first kappa shape index (κ1) is 32.0. The van der Waals surface area contributed by atoms with Crippen LogP contribution in [0, 0.1) is 13.2 Å². The van der Waals surface area contributed by atoms with Crippen LogP contribution in [0.5, 0.6) is 11.5 Å². The van der Waals surface area contributed by atoms with Crippen LogP contribution < -0.4 is 30.1 Å². The molecule has 0 unspecified atom stereocenters. The van der Waals surface area contributed by atoms with Gasteiger partial charge >= 0.3 is 0 Å². The van der Waals surface area contributed by atoms with E-state index in [1.807, 2.05) is 75.4 Å². The van der Waals surface area contributed by atoms with Gasteiger partial charge in [0.15, 0.2) is 8.07 Å². The normalized spacial score (nSPS) is 16.1. The lowest BCUT2D eigenvalue weighted by molar-refractivity contribution is -0.571. The summed E-state index contributed by atoms with van der Waals surface area (Å²) in [4.78, 5) is 4.85. The van der Waals surface area contributed by atoms with Crippen molar-refractivity contribution in [3.63, 3.8) is 0 Å². The molecule has 3 heterocycles. The Morgan fingerprint density at radius 3 is 1.81 bits per heavy atom. The summed E-state index contributed by atoms with van der Waals surface area (Å²) in [5.41, 5.74) is 3.35. The summed E-state index contributed by atoms with van der Waals surface area (Å²) < 4.78 is 221. The lowest BCUT2D eigenvalue weighted by Crippen LogP contribution is -2.74. The number of benzene rings is 10. The van der Waals surface area contributed by atoms with Crippen molar-refractivity contribution in [3.05, 3.63) is 284 Å². The quantitative estimate of drug-likeness (QED) is 0.0560. The predicted octanol–water partition coefficient (Wildman–Crippen LogP) is 15.6. The number of rotatable bonds is 11. The molecule has 0 fully saturated rings. The van der Waals surface area contributed by atoms with Crippen LogP contribution in [-0.2, 0) is 10.8 Å². The second-order valence-electron chi connectivity index (χ2n) is 21.8. The number of hydrogen-bond donors (Lipinski definition) is 0. The van der Waals surface area contributed by atoms with Crippen LogP contribution in [0.4, 0.5) is 0 Å². The molecule has 0 bridgehead atoms. The zero-order valence-electron chi connectivity index (χ0n) is 67.1.